The summed E-state index contributed by atoms with van der Waals surface area (Å²) in [5.74, 6) is -3.09. The molecule has 0 radical (unpaired) electrons. The Hall–Kier alpha value is -3.75. The van der Waals surface area contributed by atoms with Gasteiger partial charge in [0.05, 0.1) is 5.69 Å². The van der Waals surface area contributed by atoms with Crippen molar-refractivity contribution < 1.29 is 27.5 Å². The molecule has 0 saturated carbocycles. The number of nitrogens with one attached hydrogen (secondary N) is 1. The van der Waals surface area contributed by atoms with Crippen molar-refractivity contribution in [2.24, 2.45) is 0 Å². The van der Waals surface area contributed by atoms with Crippen LogP contribution in [0.4, 0.5) is 19.1 Å². The second-order valence-electron chi connectivity index (χ2n) is 7.89. The lowest BCUT2D eigenvalue weighted by Crippen LogP contribution is -2.27. The number of esters is 2. The van der Waals surface area contributed by atoms with E-state index in [9.17, 15) is 22.8 Å². The van der Waals surface area contributed by atoms with E-state index in [1.54, 1.807) is 0 Å². The van der Waals surface area contributed by atoms with Crippen LogP contribution in [-0.2, 0) is 14.3 Å². The summed E-state index contributed by atoms with van der Waals surface area (Å²) in [5.41, 5.74) is 3.81. The van der Waals surface area contributed by atoms with E-state index in [4.69, 9.17) is 4.98 Å². The minimum Gasteiger partial charge on any atom is -0.386 e. The minimum atomic E-state index is -5.16. The highest BCUT2D eigenvalue weighted by Crippen LogP contribution is 2.30. The standard InChI is InChI=1S/C26H26F3N3O3/c27-26(28,29)24(34)35-22(33)16-10-2-1-3-11-17-30-25-31-18-21(19-12-6-4-7-13-19)23(32-25)20-14-8-5-9-15-20/h4-9,12-15,18H,1-3,10-11,16-17H2,(H,30,31,32). The Morgan fingerprint density at radius 1 is 0.829 bits per heavy atom. The molecular formula is C26H26F3N3O3. The Bertz CT molecular complexity index is 1110. The number of unbranched alkanes of at least 4 members (excludes halogenated alkanes) is 4. The van der Waals surface area contributed by atoms with Crippen molar-refractivity contribution in [2.45, 2.75) is 44.7 Å². The van der Waals surface area contributed by atoms with Crippen LogP contribution in [0.15, 0.2) is 66.9 Å². The van der Waals surface area contributed by atoms with Crippen molar-refractivity contribution in [1.29, 1.82) is 0 Å². The van der Waals surface area contributed by atoms with E-state index in [2.05, 4.69) is 15.0 Å². The van der Waals surface area contributed by atoms with Crippen molar-refractivity contribution in [1.82, 2.24) is 9.97 Å². The number of hydrogen-bond donors (Lipinski definition) is 1. The van der Waals surface area contributed by atoms with Gasteiger partial charge in [-0.2, -0.15) is 13.2 Å². The highest BCUT2D eigenvalue weighted by atomic mass is 19.4. The van der Waals surface area contributed by atoms with Crippen molar-refractivity contribution in [3.63, 3.8) is 0 Å². The number of aromatic nitrogens is 2. The van der Waals surface area contributed by atoms with Crippen LogP contribution in [0, 0.1) is 0 Å². The molecule has 0 atom stereocenters. The molecule has 0 saturated heterocycles. The predicted octanol–water partition coefficient (Wildman–Crippen LogP) is 6.20. The molecule has 0 amide bonds. The number of carbonyl (C=O) groups excluding carboxylic acids is 2. The molecule has 2 aromatic carbocycles. The third-order valence-corrected chi connectivity index (χ3v) is 5.20. The maximum atomic E-state index is 12.1. The van der Waals surface area contributed by atoms with Gasteiger partial charge < -0.3 is 10.1 Å². The fourth-order valence-corrected chi connectivity index (χ4v) is 3.45. The molecular weight excluding hydrogens is 459 g/mol. The van der Waals surface area contributed by atoms with Crippen molar-refractivity contribution in [2.75, 3.05) is 11.9 Å². The lowest BCUT2D eigenvalue weighted by Gasteiger charge is -2.12. The van der Waals surface area contributed by atoms with E-state index in [0.717, 1.165) is 41.6 Å². The molecule has 1 N–H and O–H groups in total. The Labute approximate surface area is 201 Å². The van der Waals surface area contributed by atoms with Crippen LogP contribution in [0.3, 0.4) is 0 Å². The number of hydrogen-bond acceptors (Lipinski definition) is 6. The average molecular weight is 486 g/mol. The van der Waals surface area contributed by atoms with Crippen LogP contribution in [0.5, 0.6) is 0 Å². The first-order valence-electron chi connectivity index (χ1n) is 11.4. The summed E-state index contributed by atoms with van der Waals surface area (Å²) in [6.07, 6.45) is -0.0584. The normalized spacial score (nSPS) is 11.2. The van der Waals surface area contributed by atoms with Crippen molar-refractivity contribution >= 4 is 17.9 Å². The number of anilines is 1. The summed E-state index contributed by atoms with van der Waals surface area (Å²) >= 11 is 0. The van der Waals surface area contributed by atoms with Gasteiger partial charge in [-0.1, -0.05) is 79.9 Å². The summed E-state index contributed by atoms with van der Waals surface area (Å²) in [5, 5.41) is 3.24. The molecule has 1 heterocycles. The summed E-state index contributed by atoms with van der Waals surface area (Å²) < 4.78 is 39.9. The van der Waals surface area contributed by atoms with Gasteiger partial charge in [0.25, 0.3) is 0 Å². The Morgan fingerprint density at radius 3 is 2.09 bits per heavy atom. The fourth-order valence-electron chi connectivity index (χ4n) is 3.45. The van der Waals surface area contributed by atoms with Gasteiger partial charge in [0, 0.05) is 30.3 Å². The summed E-state index contributed by atoms with van der Waals surface area (Å²) in [6.45, 7) is 0.654. The van der Waals surface area contributed by atoms with Crippen LogP contribution < -0.4 is 5.32 Å². The third-order valence-electron chi connectivity index (χ3n) is 5.20. The quantitative estimate of drug-likeness (QED) is 0.198. The first kappa shape index (κ1) is 25.9. The highest BCUT2D eigenvalue weighted by molar-refractivity contribution is 5.88. The van der Waals surface area contributed by atoms with Crippen LogP contribution in [0.1, 0.15) is 38.5 Å². The number of nitrogens with zero attached hydrogens (tertiary/aromatic N) is 2. The molecule has 0 bridgehead atoms. The number of halogens is 3. The van der Waals surface area contributed by atoms with E-state index in [-0.39, 0.29) is 6.42 Å². The SMILES string of the molecule is O=C(CCCCCCCNc1ncc(-c2ccccc2)c(-c2ccccc2)n1)OC(=O)C(F)(F)F. The molecule has 9 heteroatoms. The number of alkyl halides is 3. The van der Waals surface area contributed by atoms with E-state index < -0.39 is 18.1 Å². The minimum absolute atomic E-state index is 0.218. The van der Waals surface area contributed by atoms with Gasteiger partial charge in [0.2, 0.25) is 5.95 Å². The van der Waals surface area contributed by atoms with Gasteiger partial charge >= 0.3 is 18.1 Å². The lowest BCUT2D eigenvalue weighted by molar-refractivity contribution is -0.201. The molecule has 1 aromatic heterocycles. The van der Waals surface area contributed by atoms with E-state index in [1.807, 2.05) is 66.9 Å². The van der Waals surface area contributed by atoms with Gasteiger partial charge in [-0.15, -0.1) is 0 Å². The zero-order chi connectivity index (χ0) is 25.1. The monoisotopic (exact) mass is 485 g/mol. The predicted molar refractivity (Wildman–Crippen MR) is 126 cm³/mol. The third kappa shape index (κ3) is 8.20. The maximum Gasteiger partial charge on any atom is 0.491 e. The molecule has 0 aliphatic heterocycles. The summed E-state index contributed by atoms with van der Waals surface area (Å²) in [4.78, 5) is 31.1. The Kier molecular flexibility index (Phi) is 9.34. The van der Waals surface area contributed by atoms with E-state index in [0.29, 0.717) is 25.3 Å². The van der Waals surface area contributed by atoms with Gasteiger partial charge in [-0.25, -0.2) is 14.8 Å². The molecule has 0 aliphatic rings. The summed E-state index contributed by atoms with van der Waals surface area (Å²) in [6, 6.07) is 19.8. The molecule has 0 unspecified atom stereocenters. The first-order valence-corrected chi connectivity index (χ1v) is 11.4. The number of carbonyl (C=O) groups is 2. The Balaban J connectivity index is 1.44. The summed E-state index contributed by atoms with van der Waals surface area (Å²) in [7, 11) is 0. The molecule has 35 heavy (non-hydrogen) atoms. The van der Waals surface area contributed by atoms with Crippen molar-refractivity contribution in [3.8, 4) is 22.4 Å². The van der Waals surface area contributed by atoms with Crippen LogP contribution in [-0.4, -0.2) is 34.6 Å². The molecule has 6 nitrogen and oxygen atoms in total. The zero-order valence-corrected chi connectivity index (χ0v) is 19.1. The molecule has 0 aliphatic carbocycles. The number of ether oxygens (including phenoxy) is 1. The zero-order valence-electron chi connectivity index (χ0n) is 19.1. The molecule has 3 aromatic rings. The molecule has 3 rings (SSSR count). The van der Waals surface area contributed by atoms with Gasteiger partial charge in [-0.3, -0.25) is 4.79 Å². The topological polar surface area (TPSA) is 81.2 Å². The van der Waals surface area contributed by atoms with Gasteiger partial charge in [0.15, 0.2) is 0 Å². The van der Waals surface area contributed by atoms with Crippen LogP contribution in [0.2, 0.25) is 0 Å². The van der Waals surface area contributed by atoms with Crippen molar-refractivity contribution in [3.05, 3.63) is 66.9 Å². The second-order valence-corrected chi connectivity index (χ2v) is 7.89. The largest absolute Gasteiger partial charge is 0.491 e. The smallest absolute Gasteiger partial charge is 0.386 e. The van der Waals surface area contributed by atoms with Crippen LogP contribution >= 0.6 is 0 Å². The second kappa shape index (κ2) is 12.6. The maximum absolute atomic E-state index is 12.1. The van der Waals surface area contributed by atoms with Gasteiger partial charge in [0.1, 0.15) is 0 Å². The molecule has 0 spiro atoms. The van der Waals surface area contributed by atoms with E-state index in [1.165, 1.54) is 0 Å². The molecule has 0 fully saturated rings. The van der Waals surface area contributed by atoms with Crippen LogP contribution in [0.25, 0.3) is 22.4 Å². The molecule has 184 valence electrons. The number of rotatable bonds is 11. The number of benzene rings is 2. The van der Waals surface area contributed by atoms with Gasteiger partial charge in [-0.05, 0) is 18.4 Å². The van der Waals surface area contributed by atoms with E-state index >= 15 is 0 Å². The Morgan fingerprint density at radius 2 is 1.43 bits per heavy atom. The first-order chi connectivity index (χ1) is 16.8. The fraction of sp³-hybridized carbons (Fsp3) is 0.308. The lowest BCUT2D eigenvalue weighted by atomic mass is 10.0. The highest BCUT2D eigenvalue weighted by Gasteiger charge is 2.42. The average Bonchev–Trinajstić information content (AvgIpc) is 2.86.